The fourth-order valence-electron chi connectivity index (χ4n) is 5.07. The topological polar surface area (TPSA) is 186 Å². The Hall–Kier alpha value is -3.81. The highest BCUT2D eigenvalue weighted by molar-refractivity contribution is 7.91. The number of rotatable bonds is 15. The molecule has 0 unspecified atom stereocenters. The zero-order chi connectivity index (χ0) is 32.5. The fraction of sp³-hybridized carbons (Fsp3) is 0.600. The predicted octanol–water partition coefficient (Wildman–Crippen LogP) is 2.98. The van der Waals surface area contributed by atoms with Gasteiger partial charge in [0.2, 0.25) is 17.7 Å². The van der Waals surface area contributed by atoms with Gasteiger partial charge in [0, 0.05) is 12.5 Å². The molecule has 1 aliphatic heterocycles. The molecular formula is C30H45N5O8S. The third-order valence-electron chi connectivity index (χ3n) is 7.35. The van der Waals surface area contributed by atoms with E-state index in [4.69, 9.17) is 15.2 Å². The molecule has 1 saturated heterocycles. The maximum absolute atomic E-state index is 13.3. The van der Waals surface area contributed by atoms with E-state index in [9.17, 15) is 27.6 Å². The first-order valence-electron chi connectivity index (χ1n) is 14.9. The minimum Gasteiger partial charge on any atom is -0.497 e. The van der Waals surface area contributed by atoms with Crippen molar-refractivity contribution in [2.45, 2.75) is 89.8 Å². The largest absolute Gasteiger partial charge is 0.497 e. The van der Waals surface area contributed by atoms with E-state index in [1.54, 1.807) is 32.9 Å². The van der Waals surface area contributed by atoms with Crippen LogP contribution in [0.3, 0.4) is 0 Å². The summed E-state index contributed by atoms with van der Waals surface area (Å²) in [6.07, 6.45) is 8.36. The van der Waals surface area contributed by atoms with Crippen molar-refractivity contribution in [3.63, 3.8) is 0 Å². The molecule has 244 valence electrons. The first kappa shape index (κ1) is 34.7. The van der Waals surface area contributed by atoms with E-state index < -0.39 is 51.7 Å². The van der Waals surface area contributed by atoms with Crippen LogP contribution in [0.15, 0.2) is 36.4 Å². The van der Waals surface area contributed by atoms with Gasteiger partial charge in [0.05, 0.1) is 12.8 Å². The van der Waals surface area contributed by atoms with Gasteiger partial charge in [-0.05, 0) is 89.5 Å². The Labute approximate surface area is 259 Å². The molecule has 3 rings (SSSR count). The molecule has 0 aromatic heterocycles. The van der Waals surface area contributed by atoms with Crippen molar-refractivity contribution in [1.29, 1.82) is 0 Å². The van der Waals surface area contributed by atoms with E-state index >= 15 is 0 Å². The van der Waals surface area contributed by atoms with Gasteiger partial charge < -0.3 is 25.4 Å². The van der Waals surface area contributed by atoms with Gasteiger partial charge in [0.25, 0.3) is 0 Å². The molecule has 14 heteroatoms. The molecule has 1 aromatic rings. The van der Waals surface area contributed by atoms with Crippen molar-refractivity contribution >= 4 is 39.7 Å². The molecular weight excluding hydrogens is 590 g/mol. The number of methoxy groups -OCH3 is 1. The normalized spacial score (nSPS) is 20.5. The Morgan fingerprint density at radius 3 is 2.45 bits per heavy atom. The third kappa shape index (κ3) is 11.0. The highest BCUT2D eigenvalue weighted by atomic mass is 32.2. The lowest BCUT2D eigenvalue weighted by atomic mass is 10.0. The van der Waals surface area contributed by atoms with Crippen LogP contribution in [0.25, 0.3) is 0 Å². The van der Waals surface area contributed by atoms with Gasteiger partial charge in [-0.3, -0.25) is 19.1 Å². The standard InChI is InChI=1S/C30H45N5O8S/c1-30(2,3)43-29(39)32-24(28(38)35-18-10-13-25(35)26(31)36)12-9-7-5-6-8-11-20-19-23(20)27(37)34-44(40,41)33-21-14-16-22(42-4)17-15-21/h8,11,14-17,20,23-25,33H,5-7,9-10,12-13,18-19H2,1-4H3,(H2,31,36)(H,32,39)(H,34,37)/b11-8-/t20-,23+,24+,25+/m1/s1. The summed E-state index contributed by atoms with van der Waals surface area (Å²) in [4.78, 5) is 51.4. The summed E-state index contributed by atoms with van der Waals surface area (Å²) in [5.41, 5.74) is 5.07. The number of allylic oxidation sites excluding steroid dienone is 2. The molecule has 1 heterocycles. The van der Waals surface area contributed by atoms with E-state index in [0.717, 1.165) is 19.3 Å². The van der Waals surface area contributed by atoms with Crippen LogP contribution in [0, 0.1) is 11.8 Å². The van der Waals surface area contributed by atoms with Crippen LogP contribution in [0.5, 0.6) is 5.75 Å². The smallest absolute Gasteiger partial charge is 0.408 e. The van der Waals surface area contributed by atoms with E-state index in [1.807, 2.05) is 12.2 Å². The Kier molecular flexibility index (Phi) is 12.0. The van der Waals surface area contributed by atoms with Crippen LogP contribution in [-0.4, -0.2) is 68.5 Å². The highest BCUT2D eigenvalue weighted by Crippen LogP contribution is 2.40. The number of primary amides is 1. The van der Waals surface area contributed by atoms with Crippen molar-refractivity contribution in [3.05, 3.63) is 36.4 Å². The number of nitrogens with one attached hydrogen (secondary N) is 3. The van der Waals surface area contributed by atoms with E-state index in [0.29, 0.717) is 50.1 Å². The van der Waals surface area contributed by atoms with Gasteiger partial charge in [-0.2, -0.15) is 8.42 Å². The maximum Gasteiger partial charge on any atom is 0.408 e. The molecule has 0 radical (unpaired) electrons. The van der Waals surface area contributed by atoms with Crippen LogP contribution in [0.4, 0.5) is 10.5 Å². The van der Waals surface area contributed by atoms with Gasteiger partial charge >= 0.3 is 16.3 Å². The number of amides is 4. The lowest BCUT2D eigenvalue weighted by Crippen LogP contribution is -2.53. The average molecular weight is 636 g/mol. The molecule has 0 spiro atoms. The summed E-state index contributed by atoms with van der Waals surface area (Å²) < 4.78 is 39.4. The van der Waals surface area contributed by atoms with Gasteiger partial charge in [-0.1, -0.05) is 25.0 Å². The number of anilines is 1. The number of nitrogens with zero attached hydrogens (tertiary/aromatic N) is 1. The second kappa shape index (κ2) is 15.3. The third-order valence-corrected chi connectivity index (χ3v) is 8.33. The van der Waals surface area contributed by atoms with E-state index in [2.05, 4.69) is 14.8 Å². The lowest BCUT2D eigenvalue weighted by Gasteiger charge is -2.28. The fourth-order valence-corrected chi connectivity index (χ4v) is 5.98. The first-order chi connectivity index (χ1) is 20.7. The minimum absolute atomic E-state index is 0.0233. The minimum atomic E-state index is -4.06. The molecule has 1 saturated carbocycles. The Bertz CT molecular complexity index is 1310. The summed E-state index contributed by atoms with van der Waals surface area (Å²) >= 11 is 0. The van der Waals surface area contributed by atoms with Crippen LogP contribution in [-0.2, 0) is 29.3 Å². The summed E-state index contributed by atoms with van der Waals surface area (Å²) in [5.74, 6) is -1.29. The van der Waals surface area contributed by atoms with Crippen LogP contribution >= 0.6 is 0 Å². The number of carbonyl (C=O) groups is 4. The number of hydrogen-bond donors (Lipinski definition) is 4. The molecule has 1 aromatic carbocycles. The average Bonchev–Trinajstić information content (AvgIpc) is 3.53. The zero-order valence-electron chi connectivity index (χ0n) is 25.8. The van der Waals surface area contributed by atoms with Gasteiger partial charge in [-0.15, -0.1) is 0 Å². The van der Waals surface area contributed by atoms with Gasteiger partial charge in [0.1, 0.15) is 23.4 Å². The number of likely N-dealkylation sites (tertiary alicyclic amines) is 1. The number of benzene rings is 1. The summed E-state index contributed by atoms with van der Waals surface area (Å²) in [7, 11) is -2.55. The van der Waals surface area contributed by atoms with Crippen LogP contribution in [0.2, 0.25) is 0 Å². The SMILES string of the molecule is COc1ccc(NS(=O)(=O)NC(=O)[C@H]2C[C@H]2/C=C\CCCCC[C@H](NC(=O)OC(C)(C)C)C(=O)N2CCC[C@H]2C(N)=O)cc1. The number of carbonyl (C=O) groups excluding carboxylic acids is 4. The quantitative estimate of drug-likeness (QED) is 0.167. The number of unbranched alkanes of at least 4 members (excludes halogenated alkanes) is 3. The summed E-state index contributed by atoms with van der Waals surface area (Å²) in [5, 5.41) is 2.68. The molecule has 13 nitrogen and oxygen atoms in total. The Balaban J connectivity index is 1.40. The number of nitrogens with two attached hydrogens (primary N) is 1. The van der Waals surface area contributed by atoms with Gasteiger partial charge in [-0.25, -0.2) is 9.52 Å². The van der Waals surface area contributed by atoms with E-state index in [1.165, 1.54) is 24.1 Å². The molecule has 1 aliphatic carbocycles. The number of hydrogen-bond acceptors (Lipinski definition) is 8. The molecule has 4 amide bonds. The molecule has 5 N–H and O–H groups in total. The lowest BCUT2D eigenvalue weighted by molar-refractivity contribution is -0.139. The van der Waals surface area contributed by atoms with Crippen LogP contribution in [0.1, 0.15) is 72.1 Å². The molecule has 44 heavy (non-hydrogen) atoms. The Morgan fingerprint density at radius 2 is 1.82 bits per heavy atom. The number of ether oxygens (including phenoxy) is 2. The first-order valence-corrected chi connectivity index (χ1v) is 16.4. The van der Waals surface area contributed by atoms with Crippen molar-refractivity contribution < 1.29 is 37.1 Å². The highest BCUT2D eigenvalue weighted by Gasteiger charge is 2.42. The van der Waals surface area contributed by atoms with Crippen molar-refractivity contribution in [2.24, 2.45) is 17.6 Å². The van der Waals surface area contributed by atoms with Crippen LogP contribution < -0.4 is 25.2 Å². The van der Waals surface area contributed by atoms with E-state index in [-0.39, 0.29) is 11.8 Å². The van der Waals surface area contributed by atoms with Crippen molar-refractivity contribution in [2.75, 3.05) is 18.4 Å². The van der Waals surface area contributed by atoms with Crippen molar-refractivity contribution in [1.82, 2.24) is 14.9 Å². The molecule has 4 atom stereocenters. The summed E-state index contributed by atoms with van der Waals surface area (Å²) in [6, 6.07) is 4.78. The molecule has 0 bridgehead atoms. The Morgan fingerprint density at radius 1 is 1.11 bits per heavy atom. The molecule has 2 fully saturated rings. The second-order valence-electron chi connectivity index (χ2n) is 12.2. The predicted molar refractivity (Wildman–Crippen MR) is 165 cm³/mol. The van der Waals surface area contributed by atoms with Crippen molar-refractivity contribution in [3.8, 4) is 5.75 Å². The molecule has 2 aliphatic rings. The summed E-state index contributed by atoms with van der Waals surface area (Å²) in [6.45, 7) is 5.62. The van der Waals surface area contributed by atoms with Gasteiger partial charge in [0.15, 0.2) is 0 Å². The monoisotopic (exact) mass is 635 g/mol. The number of alkyl carbamates (subject to hydrolysis) is 1. The second-order valence-corrected chi connectivity index (χ2v) is 13.6. The maximum atomic E-state index is 13.3. The zero-order valence-corrected chi connectivity index (χ0v) is 26.7.